The average Bonchev–Trinajstić information content (AvgIpc) is 2.88. The van der Waals surface area contributed by atoms with Gasteiger partial charge in [-0.05, 0) is 12.8 Å². The predicted octanol–water partition coefficient (Wildman–Crippen LogP) is 0.773. The molecule has 0 amide bonds. The van der Waals surface area contributed by atoms with Crippen molar-refractivity contribution in [2.24, 2.45) is 0 Å². The summed E-state index contributed by atoms with van der Waals surface area (Å²) >= 11 is 0. The maximum atomic E-state index is 13.8. The summed E-state index contributed by atoms with van der Waals surface area (Å²) in [5.41, 5.74) is 4.31. The molecule has 10 heteroatoms. The first kappa shape index (κ1) is 15.6. The molecule has 1 fully saturated rings. The van der Waals surface area contributed by atoms with E-state index >= 15 is 0 Å². The highest BCUT2D eigenvalue weighted by atomic mass is 32.2. The van der Waals surface area contributed by atoms with Crippen LogP contribution in [0.4, 0.5) is 15.8 Å². The van der Waals surface area contributed by atoms with Gasteiger partial charge in [0.25, 0.3) is 5.69 Å². The Labute approximate surface area is 120 Å². The number of non-ortho nitro benzene ring substituents is 1. The van der Waals surface area contributed by atoms with Crippen LogP contribution in [0.15, 0.2) is 17.0 Å². The van der Waals surface area contributed by atoms with Gasteiger partial charge < -0.3 is 10.5 Å². The van der Waals surface area contributed by atoms with Crippen LogP contribution >= 0.6 is 0 Å². The maximum Gasteiger partial charge on any atom is 0.274 e. The van der Waals surface area contributed by atoms with Crippen molar-refractivity contribution in [3.63, 3.8) is 0 Å². The molecule has 0 spiro atoms. The number of nitrogens with two attached hydrogens (primary N) is 1. The number of nitrogen functional groups attached to an aromatic ring is 1. The normalized spacial score (nSPS) is 18.8. The minimum atomic E-state index is -4.20. The lowest BCUT2D eigenvalue weighted by Crippen LogP contribution is -2.32. The molecule has 1 aromatic carbocycles. The highest BCUT2D eigenvalue weighted by Gasteiger charge is 2.27. The number of anilines is 1. The Morgan fingerprint density at radius 3 is 2.76 bits per heavy atom. The summed E-state index contributed by atoms with van der Waals surface area (Å²) in [6.45, 7) is 0.554. The fraction of sp³-hybridized carbons (Fsp3) is 0.455. The van der Waals surface area contributed by atoms with E-state index in [1.807, 2.05) is 0 Å². The molecule has 1 aliphatic rings. The summed E-state index contributed by atoms with van der Waals surface area (Å²) in [6.07, 6.45) is 1.28. The van der Waals surface area contributed by atoms with Gasteiger partial charge in [-0.2, -0.15) is 0 Å². The second kappa shape index (κ2) is 5.92. The van der Waals surface area contributed by atoms with Crippen LogP contribution in [0.2, 0.25) is 0 Å². The molecule has 1 unspecified atom stereocenters. The lowest BCUT2D eigenvalue weighted by atomic mass is 10.2. The summed E-state index contributed by atoms with van der Waals surface area (Å²) in [5, 5.41) is 10.6. The van der Waals surface area contributed by atoms with Gasteiger partial charge in [-0.15, -0.1) is 0 Å². The van der Waals surface area contributed by atoms with Gasteiger partial charge in [-0.3, -0.25) is 10.1 Å². The van der Waals surface area contributed by atoms with Crippen LogP contribution in [0.5, 0.6) is 0 Å². The molecule has 0 aromatic heterocycles. The third kappa shape index (κ3) is 3.46. The lowest BCUT2D eigenvalue weighted by Gasteiger charge is -2.13. The van der Waals surface area contributed by atoms with E-state index in [0.717, 1.165) is 12.5 Å². The van der Waals surface area contributed by atoms with Crippen molar-refractivity contribution in [2.45, 2.75) is 23.8 Å². The molecular weight excluding hydrogens is 305 g/mol. The van der Waals surface area contributed by atoms with Crippen LogP contribution in [0.25, 0.3) is 0 Å². The number of halogens is 1. The minimum absolute atomic E-state index is 0.00178. The van der Waals surface area contributed by atoms with E-state index in [1.165, 1.54) is 0 Å². The fourth-order valence-corrected chi connectivity index (χ4v) is 3.30. The predicted molar refractivity (Wildman–Crippen MR) is 71.6 cm³/mol. The van der Waals surface area contributed by atoms with Crippen LogP contribution in [0.3, 0.4) is 0 Å². The Morgan fingerprint density at radius 2 is 2.24 bits per heavy atom. The van der Waals surface area contributed by atoms with Crippen molar-refractivity contribution >= 4 is 21.4 Å². The van der Waals surface area contributed by atoms with Gasteiger partial charge in [0.1, 0.15) is 4.90 Å². The quantitative estimate of drug-likeness (QED) is 0.469. The number of ether oxygens (including phenoxy) is 1. The Kier molecular flexibility index (Phi) is 4.40. The van der Waals surface area contributed by atoms with Crippen LogP contribution in [0, 0.1) is 15.9 Å². The van der Waals surface area contributed by atoms with Gasteiger partial charge in [0, 0.05) is 19.2 Å². The van der Waals surface area contributed by atoms with E-state index in [-0.39, 0.29) is 12.6 Å². The Morgan fingerprint density at radius 1 is 1.52 bits per heavy atom. The number of hydrogen-bond acceptors (Lipinski definition) is 6. The zero-order chi connectivity index (χ0) is 15.6. The average molecular weight is 319 g/mol. The number of nitrogens with zero attached hydrogens (tertiary/aromatic N) is 1. The molecule has 1 saturated heterocycles. The molecule has 0 bridgehead atoms. The Balaban J connectivity index is 2.24. The van der Waals surface area contributed by atoms with Gasteiger partial charge >= 0.3 is 0 Å². The topological polar surface area (TPSA) is 125 Å². The smallest absolute Gasteiger partial charge is 0.274 e. The SMILES string of the molecule is Nc1cc([N+](=O)[O-])cc(F)c1S(=O)(=O)NCC1CCCO1. The molecule has 3 N–H and O–H groups in total. The summed E-state index contributed by atoms with van der Waals surface area (Å²) in [6, 6.07) is 1.33. The number of benzene rings is 1. The van der Waals surface area contributed by atoms with Gasteiger partial charge in [-0.25, -0.2) is 17.5 Å². The van der Waals surface area contributed by atoms with Crippen LogP contribution < -0.4 is 10.5 Å². The highest BCUT2D eigenvalue weighted by molar-refractivity contribution is 7.89. The molecule has 1 atom stereocenters. The standard InChI is InChI=1S/C11H14FN3O5S/c12-9-4-7(15(16)17)5-10(13)11(9)21(18,19)14-6-8-2-1-3-20-8/h4-5,8,14H,1-3,6,13H2. The first-order valence-corrected chi connectivity index (χ1v) is 7.64. The number of hydrogen-bond donors (Lipinski definition) is 2. The summed E-state index contributed by atoms with van der Waals surface area (Å²) < 4.78 is 45.4. The molecule has 116 valence electrons. The third-order valence-corrected chi connectivity index (χ3v) is 4.58. The van der Waals surface area contributed by atoms with Gasteiger partial charge in [0.15, 0.2) is 5.82 Å². The first-order chi connectivity index (χ1) is 9.81. The summed E-state index contributed by atoms with van der Waals surface area (Å²) in [5.74, 6) is -1.26. The highest BCUT2D eigenvalue weighted by Crippen LogP contribution is 2.27. The molecule has 1 aliphatic heterocycles. The molecule has 0 radical (unpaired) electrons. The van der Waals surface area contributed by atoms with Crippen molar-refractivity contribution in [3.05, 3.63) is 28.1 Å². The van der Waals surface area contributed by atoms with E-state index in [4.69, 9.17) is 10.5 Å². The maximum absolute atomic E-state index is 13.8. The van der Waals surface area contributed by atoms with Crippen LogP contribution in [0.1, 0.15) is 12.8 Å². The summed E-state index contributed by atoms with van der Waals surface area (Å²) in [7, 11) is -4.20. The van der Waals surface area contributed by atoms with Crippen molar-refractivity contribution in [2.75, 3.05) is 18.9 Å². The number of nitrogens with one attached hydrogen (secondary N) is 1. The molecule has 1 heterocycles. The van der Waals surface area contributed by atoms with Crippen molar-refractivity contribution in [1.82, 2.24) is 4.72 Å². The van der Waals surface area contributed by atoms with Crippen LogP contribution in [-0.2, 0) is 14.8 Å². The zero-order valence-electron chi connectivity index (χ0n) is 10.9. The number of rotatable bonds is 5. The molecule has 8 nitrogen and oxygen atoms in total. The van der Waals surface area contributed by atoms with E-state index in [9.17, 15) is 22.9 Å². The van der Waals surface area contributed by atoms with E-state index in [2.05, 4.69) is 4.72 Å². The molecule has 21 heavy (non-hydrogen) atoms. The van der Waals surface area contributed by atoms with Crippen molar-refractivity contribution in [1.29, 1.82) is 0 Å². The number of sulfonamides is 1. The van der Waals surface area contributed by atoms with Crippen molar-refractivity contribution < 1.29 is 22.5 Å². The molecule has 0 saturated carbocycles. The zero-order valence-corrected chi connectivity index (χ0v) is 11.7. The second-order valence-corrected chi connectivity index (χ2v) is 6.29. The van der Waals surface area contributed by atoms with E-state index < -0.39 is 37.0 Å². The third-order valence-electron chi connectivity index (χ3n) is 3.06. The van der Waals surface area contributed by atoms with E-state index in [0.29, 0.717) is 19.1 Å². The minimum Gasteiger partial charge on any atom is -0.397 e. The fourth-order valence-electron chi connectivity index (χ4n) is 2.07. The largest absolute Gasteiger partial charge is 0.397 e. The van der Waals surface area contributed by atoms with E-state index in [1.54, 1.807) is 0 Å². The molecule has 1 aromatic rings. The van der Waals surface area contributed by atoms with Gasteiger partial charge in [-0.1, -0.05) is 0 Å². The van der Waals surface area contributed by atoms with Gasteiger partial charge in [0.2, 0.25) is 10.0 Å². The van der Waals surface area contributed by atoms with Crippen LogP contribution in [-0.4, -0.2) is 32.6 Å². The van der Waals surface area contributed by atoms with Gasteiger partial charge in [0.05, 0.1) is 22.8 Å². The summed E-state index contributed by atoms with van der Waals surface area (Å²) in [4.78, 5) is 8.93. The number of nitro benzene ring substituents is 1. The Hall–Kier alpha value is -1.78. The first-order valence-electron chi connectivity index (χ1n) is 6.16. The second-order valence-electron chi connectivity index (χ2n) is 4.59. The van der Waals surface area contributed by atoms with Crippen molar-refractivity contribution in [3.8, 4) is 0 Å². The molecule has 0 aliphatic carbocycles. The lowest BCUT2D eigenvalue weighted by molar-refractivity contribution is -0.385. The molecular formula is C11H14FN3O5S. The Bertz CT molecular complexity index is 635. The molecule has 2 rings (SSSR count). The monoisotopic (exact) mass is 319 g/mol. The number of nitro groups is 1.